The molecule has 0 unspecified atom stereocenters. The summed E-state index contributed by atoms with van der Waals surface area (Å²) < 4.78 is 18.5. The highest BCUT2D eigenvalue weighted by Gasteiger charge is 2.14. The molecule has 0 N–H and O–H groups in total. The Labute approximate surface area is 166 Å². The van der Waals surface area contributed by atoms with Gasteiger partial charge in [-0.1, -0.05) is 29.8 Å². The van der Waals surface area contributed by atoms with Gasteiger partial charge < -0.3 is 9.64 Å². The van der Waals surface area contributed by atoms with E-state index in [1.807, 2.05) is 29.6 Å². The third-order valence-corrected chi connectivity index (χ3v) is 5.14. The second-order valence-electron chi connectivity index (χ2n) is 5.99. The number of rotatable bonds is 7. The standard InChI is InChI=1S/C20H18ClFN2O2S/c1-24(11-14-4-2-3-5-18(14)21)20(25)10-16-13-27-19(23-16)12-26-17-8-6-15(22)7-9-17/h2-9,13H,10-12H2,1H3. The summed E-state index contributed by atoms with van der Waals surface area (Å²) in [5.74, 6) is 0.230. The van der Waals surface area contributed by atoms with E-state index in [0.717, 1.165) is 10.6 Å². The van der Waals surface area contributed by atoms with E-state index < -0.39 is 0 Å². The number of likely N-dealkylation sites (N-methyl/N-ethyl adjacent to an activating group) is 1. The number of carbonyl (C=O) groups is 1. The smallest absolute Gasteiger partial charge is 0.228 e. The van der Waals surface area contributed by atoms with Gasteiger partial charge in [-0.25, -0.2) is 9.37 Å². The van der Waals surface area contributed by atoms with Crippen molar-refractivity contribution >= 4 is 28.8 Å². The topological polar surface area (TPSA) is 42.4 Å². The van der Waals surface area contributed by atoms with E-state index in [1.54, 1.807) is 24.1 Å². The van der Waals surface area contributed by atoms with Gasteiger partial charge in [0.2, 0.25) is 5.91 Å². The molecule has 3 rings (SSSR count). The molecule has 1 heterocycles. The van der Waals surface area contributed by atoms with E-state index in [2.05, 4.69) is 4.98 Å². The van der Waals surface area contributed by atoms with Crippen LogP contribution in [-0.4, -0.2) is 22.8 Å². The summed E-state index contributed by atoms with van der Waals surface area (Å²) in [4.78, 5) is 18.5. The lowest BCUT2D eigenvalue weighted by molar-refractivity contribution is -0.129. The molecule has 0 saturated carbocycles. The number of aromatic nitrogens is 1. The fourth-order valence-corrected chi connectivity index (χ4v) is 3.33. The normalized spacial score (nSPS) is 10.6. The Morgan fingerprint density at radius 3 is 2.70 bits per heavy atom. The number of benzene rings is 2. The summed E-state index contributed by atoms with van der Waals surface area (Å²) in [7, 11) is 1.75. The number of ether oxygens (including phenoxy) is 1. The van der Waals surface area contributed by atoms with Gasteiger partial charge in [0.1, 0.15) is 23.2 Å². The van der Waals surface area contributed by atoms with Crippen molar-refractivity contribution in [2.24, 2.45) is 0 Å². The number of hydrogen-bond acceptors (Lipinski definition) is 4. The van der Waals surface area contributed by atoms with Crippen molar-refractivity contribution in [3.63, 3.8) is 0 Å². The predicted octanol–water partition coefficient (Wildman–Crippen LogP) is 4.72. The van der Waals surface area contributed by atoms with Crippen LogP contribution in [0.1, 0.15) is 16.3 Å². The molecule has 27 heavy (non-hydrogen) atoms. The first-order valence-electron chi connectivity index (χ1n) is 8.30. The number of amides is 1. The quantitative estimate of drug-likeness (QED) is 0.572. The average Bonchev–Trinajstić information content (AvgIpc) is 3.10. The van der Waals surface area contributed by atoms with Crippen LogP contribution >= 0.6 is 22.9 Å². The lowest BCUT2D eigenvalue weighted by atomic mass is 10.2. The number of hydrogen-bond donors (Lipinski definition) is 0. The van der Waals surface area contributed by atoms with Crippen LogP contribution in [0.25, 0.3) is 0 Å². The summed E-state index contributed by atoms with van der Waals surface area (Å²) >= 11 is 7.58. The van der Waals surface area contributed by atoms with Gasteiger partial charge in [-0.15, -0.1) is 11.3 Å². The van der Waals surface area contributed by atoms with Crippen molar-refractivity contribution in [2.45, 2.75) is 19.6 Å². The van der Waals surface area contributed by atoms with Gasteiger partial charge in [-0.2, -0.15) is 0 Å². The fraction of sp³-hybridized carbons (Fsp3) is 0.200. The number of halogens is 2. The molecule has 0 radical (unpaired) electrons. The minimum Gasteiger partial charge on any atom is -0.486 e. The first-order chi connectivity index (χ1) is 13.0. The molecule has 3 aromatic rings. The van der Waals surface area contributed by atoms with Gasteiger partial charge in [0.25, 0.3) is 0 Å². The minimum atomic E-state index is -0.307. The Kier molecular flexibility index (Phi) is 6.42. The second-order valence-corrected chi connectivity index (χ2v) is 7.34. The molecule has 0 bridgehead atoms. The summed E-state index contributed by atoms with van der Waals surface area (Å²) in [5, 5.41) is 3.26. The molecule has 140 valence electrons. The van der Waals surface area contributed by atoms with Gasteiger partial charge in [0.05, 0.1) is 12.1 Å². The zero-order chi connectivity index (χ0) is 19.2. The molecule has 0 aliphatic heterocycles. The van der Waals surface area contributed by atoms with Crippen molar-refractivity contribution in [2.75, 3.05) is 7.05 Å². The number of nitrogens with zero attached hydrogens (tertiary/aromatic N) is 2. The molecule has 4 nitrogen and oxygen atoms in total. The largest absolute Gasteiger partial charge is 0.486 e. The van der Waals surface area contributed by atoms with Crippen LogP contribution in [0.4, 0.5) is 4.39 Å². The highest BCUT2D eigenvalue weighted by Crippen LogP contribution is 2.18. The maximum atomic E-state index is 12.9. The Balaban J connectivity index is 1.52. The zero-order valence-electron chi connectivity index (χ0n) is 14.7. The molecule has 2 aromatic carbocycles. The Morgan fingerprint density at radius 1 is 1.22 bits per heavy atom. The van der Waals surface area contributed by atoms with Crippen molar-refractivity contribution in [3.8, 4) is 5.75 Å². The summed E-state index contributed by atoms with van der Waals surface area (Å²) in [6.07, 6.45) is 0.216. The fourth-order valence-electron chi connectivity index (χ4n) is 2.43. The number of carbonyl (C=O) groups excluding carboxylic acids is 1. The van der Waals surface area contributed by atoms with Crippen LogP contribution in [0.15, 0.2) is 53.9 Å². The van der Waals surface area contributed by atoms with Crippen molar-refractivity contribution in [1.29, 1.82) is 0 Å². The first kappa shape index (κ1) is 19.3. The van der Waals surface area contributed by atoms with Crippen molar-refractivity contribution in [3.05, 3.63) is 81.0 Å². The molecular formula is C20H18ClFN2O2S. The molecule has 0 aliphatic rings. The monoisotopic (exact) mass is 404 g/mol. The summed E-state index contributed by atoms with van der Waals surface area (Å²) in [6, 6.07) is 13.3. The van der Waals surface area contributed by atoms with Crippen LogP contribution in [0, 0.1) is 5.82 Å². The predicted molar refractivity (Wildman–Crippen MR) is 104 cm³/mol. The molecule has 0 fully saturated rings. The summed E-state index contributed by atoms with van der Waals surface area (Å²) in [5.41, 5.74) is 1.61. The van der Waals surface area contributed by atoms with Crippen molar-refractivity contribution in [1.82, 2.24) is 9.88 Å². The van der Waals surface area contributed by atoms with Crippen LogP contribution < -0.4 is 4.74 Å². The molecular weight excluding hydrogens is 387 g/mol. The minimum absolute atomic E-state index is 0.0359. The van der Waals surface area contributed by atoms with Crippen LogP contribution in [0.3, 0.4) is 0 Å². The third-order valence-electron chi connectivity index (χ3n) is 3.90. The Morgan fingerprint density at radius 2 is 1.96 bits per heavy atom. The average molecular weight is 405 g/mol. The van der Waals surface area contributed by atoms with E-state index >= 15 is 0 Å². The molecule has 1 aromatic heterocycles. The molecule has 1 amide bonds. The molecule has 0 saturated heterocycles. The van der Waals surface area contributed by atoms with E-state index in [9.17, 15) is 9.18 Å². The Bertz CT molecular complexity index is 914. The van der Waals surface area contributed by atoms with Gasteiger partial charge in [0, 0.05) is 24.0 Å². The lowest BCUT2D eigenvalue weighted by Crippen LogP contribution is -2.28. The maximum absolute atomic E-state index is 12.9. The van der Waals surface area contributed by atoms with E-state index in [1.165, 1.54) is 23.5 Å². The summed E-state index contributed by atoms with van der Waals surface area (Å²) in [6.45, 7) is 0.725. The van der Waals surface area contributed by atoms with Crippen molar-refractivity contribution < 1.29 is 13.9 Å². The van der Waals surface area contributed by atoms with Crippen LogP contribution in [0.2, 0.25) is 5.02 Å². The maximum Gasteiger partial charge on any atom is 0.228 e. The Hall–Kier alpha value is -2.44. The van der Waals surface area contributed by atoms with E-state index in [-0.39, 0.29) is 24.8 Å². The van der Waals surface area contributed by atoms with Crippen LogP contribution in [0.5, 0.6) is 5.75 Å². The second kappa shape index (κ2) is 8.97. The first-order valence-corrected chi connectivity index (χ1v) is 9.56. The molecule has 0 spiro atoms. The van der Waals surface area contributed by atoms with E-state index in [0.29, 0.717) is 23.0 Å². The van der Waals surface area contributed by atoms with Gasteiger partial charge in [-0.05, 0) is 35.9 Å². The van der Waals surface area contributed by atoms with Crippen LogP contribution in [-0.2, 0) is 24.4 Å². The molecule has 7 heteroatoms. The van der Waals surface area contributed by atoms with Gasteiger partial charge in [-0.3, -0.25) is 4.79 Å². The highest BCUT2D eigenvalue weighted by molar-refractivity contribution is 7.09. The third kappa shape index (κ3) is 5.52. The molecule has 0 atom stereocenters. The SMILES string of the molecule is CN(Cc1ccccc1Cl)C(=O)Cc1csc(COc2ccc(F)cc2)n1. The lowest BCUT2D eigenvalue weighted by Gasteiger charge is -2.17. The highest BCUT2D eigenvalue weighted by atomic mass is 35.5. The number of thiazole rings is 1. The van der Waals surface area contributed by atoms with E-state index in [4.69, 9.17) is 16.3 Å². The van der Waals surface area contributed by atoms with Gasteiger partial charge >= 0.3 is 0 Å². The molecule has 0 aliphatic carbocycles. The zero-order valence-corrected chi connectivity index (χ0v) is 16.3. The van der Waals surface area contributed by atoms with Gasteiger partial charge in [0.15, 0.2) is 0 Å².